The topological polar surface area (TPSA) is 35.0 Å². The van der Waals surface area contributed by atoms with E-state index in [0.29, 0.717) is 0 Å². The highest BCUT2D eigenvalue weighted by Crippen LogP contribution is 2.62. The predicted molar refractivity (Wildman–Crippen MR) is 209 cm³/mol. The van der Waals surface area contributed by atoms with Crippen LogP contribution >= 0.6 is 11.3 Å². The van der Waals surface area contributed by atoms with Crippen molar-refractivity contribution in [1.82, 2.24) is 9.97 Å². The van der Waals surface area contributed by atoms with Gasteiger partial charge in [-0.15, -0.1) is 11.3 Å². The SMILES string of the molecule is c1ccc(-c2ccc(-c3nc(-c4ccc5c(c4)-c4ccccc4C54c5ccccc5Oc5ccccc54)c4sc5ccccc5c4n3)cc2)cc1. The van der Waals surface area contributed by atoms with Crippen molar-refractivity contribution in [2.24, 2.45) is 0 Å². The molecule has 7 aromatic carbocycles. The van der Waals surface area contributed by atoms with Gasteiger partial charge in [0.25, 0.3) is 0 Å². The van der Waals surface area contributed by atoms with Crippen molar-refractivity contribution in [2.75, 3.05) is 0 Å². The summed E-state index contributed by atoms with van der Waals surface area (Å²) in [7, 11) is 0. The molecule has 0 saturated heterocycles. The van der Waals surface area contributed by atoms with E-state index >= 15 is 0 Å². The Bertz CT molecular complexity index is 2790. The van der Waals surface area contributed by atoms with E-state index in [1.54, 1.807) is 11.3 Å². The van der Waals surface area contributed by atoms with E-state index in [1.807, 2.05) is 6.07 Å². The fourth-order valence-corrected chi connectivity index (χ4v) is 9.52. The summed E-state index contributed by atoms with van der Waals surface area (Å²) >= 11 is 1.77. The van der Waals surface area contributed by atoms with Crippen LogP contribution < -0.4 is 4.74 Å². The number of aromatic nitrogens is 2. The van der Waals surface area contributed by atoms with Crippen LogP contribution in [0.25, 0.3) is 65.2 Å². The van der Waals surface area contributed by atoms with Gasteiger partial charge < -0.3 is 4.74 Å². The lowest BCUT2D eigenvalue weighted by molar-refractivity contribution is 0.436. The minimum atomic E-state index is -0.500. The zero-order chi connectivity index (χ0) is 33.5. The molecule has 1 aliphatic heterocycles. The van der Waals surface area contributed by atoms with Crippen molar-refractivity contribution in [2.45, 2.75) is 5.41 Å². The van der Waals surface area contributed by atoms with E-state index < -0.39 is 5.41 Å². The predicted octanol–water partition coefficient (Wildman–Crippen LogP) is 12.3. The average Bonchev–Trinajstić information content (AvgIpc) is 3.72. The summed E-state index contributed by atoms with van der Waals surface area (Å²) < 4.78 is 8.85. The third kappa shape index (κ3) is 4.05. The lowest BCUT2D eigenvalue weighted by atomic mass is 9.66. The molecule has 0 atom stereocenters. The Hall–Kier alpha value is -6.36. The van der Waals surface area contributed by atoms with Crippen LogP contribution in [0.5, 0.6) is 11.5 Å². The van der Waals surface area contributed by atoms with Crippen LogP contribution in [-0.2, 0) is 5.41 Å². The molecule has 2 aliphatic rings. The van der Waals surface area contributed by atoms with Gasteiger partial charge in [0.2, 0.25) is 0 Å². The summed E-state index contributed by atoms with van der Waals surface area (Å²) in [5, 5.41) is 1.16. The highest BCUT2D eigenvalue weighted by Gasteiger charge is 2.51. The summed E-state index contributed by atoms with van der Waals surface area (Å²) in [5.74, 6) is 2.52. The maximum atomic E-state index is 6.54. The molecule has 2 aromatic heterocycles. The molecule has 3 heterocycles. The van der Waals surface area contributed by atoms with Gasteiger partial charge in [-0.05, 0) is 57.6 Å². The fraction of sp³-hybridized carbons (Fsp3) is 0.0213. The Morgan fingerprint density at radius 3 is 1.82 bits per heavy atom. The molecule has 0 N–H and O–H groups in total. The van der Waals surface area contributed by atoms with Gasteiger partial charge >= 0.3 is 0 Å². The van der Waals surface area contributed by atoms with E-state index in [-0.39, 0.29) is 0 Å². The number of para-hydroxylation sites is 2. The lowest BCUT2D eigenvalue weighted by Crippen LogP contribution is -2.32. The van der Waals surface area contributed by atoms with Crippen molar-refractivity contribution in [3.63, 3.8) is 0 Å². The number of hydrogen-bond donors (Lipinski definition) is 0. The van der Waals surface area contributed by atoms with E-state index in [0.717, 1.165) is 60.9 Å². The molecule has 11 rings (SSSR count). The van der Waals surface area contributed by atoms with Gasteiger partial charge in [-0.2, -0.15) is 0 Å². The first-order valence-electron chi connectivity index (χ1n) is 17.2. The number of ether oxygens (including phenoxy) is 1. The third-order valence-corrected chi connectivity index (χ3v) is 11.8. The van der Waals surface area contributed by atoms with Gasteiger partial charge in [-0.3, -0.25) is 0 Å². The monoisotopic (exact) mass is 668 g/mol. The van der Waals surface area contributed by atoms with Crippen molar-refractivity contribution in [1.29, 1.82) is 0 Å². The van der Waals surface area contributed by atoms with Crippen LogP contribution in [0.15, 0.2) is 170 Å². The molecule has 9 aromatic rings. The van der Waals surface area contributed by atoms with Crippen molar-refractivity contribution in [3.8, 4) is 56.4 Å². The molecule has 51 heavy (non-hydrogen) atoms. The van der Waals surface area contributed by atoms with Gasteiger partial charge in [0.05, 0.1) is 21.3 Å². The number of rotatable bonds is 3. The first-order valence-corrected chi connectivity index (χ1v) is 18.1. The Morgan fingerprint density at radius 2 is 1.04 bits per heavy atom. The second-order valence-corrected chi connectivity index (χ2v) is 14.3. The highest BCUT2D eigenvalue weighted by atomic mass is 32.1. The Kier molecular flexibility index (Phi) is 6.04. The Labute approximate surface area is 299 Å². The van der Waals surface area contributed by atoms with E-state index in [1.165, 1.54) is 38.1 Å². The first kappa shape index (κ1) is 28.5. The maximum Gasteiger partial charge on any atom is 0.160 e. The molecular weight excluding hydrogens is 641 g/mol. The molecule has 3 nitrogen and oxygen atoms in total. The standard InChI is InChI=1S/C47H28N2OS/c1-2-12-29(13-3-1)30-22-24-31(25-23-30)46-48-43(45-44(49-46)34-15-5-11-21-42(34)51-45)32-26-27-37-35(28-32)33-14-4-6-16-36(33)47(37)38-17-7-9-19-40(38)50-41-20-10-8-18-39(41)47/h1-28H. The van der Waals surface area contributed by atoms with Crippen LogP contribution in [0.4, 0.5) is 0 Å². The van der Waals surface area contributed by atoms with Crippen molar-refractivity contribution < 1.29 is 4.74 Å². The third-order valence-electron chi connectivity index (χ3n) is 10.6. The smallest absolute Gasteiger partial charge is 0.160 e. The minimum absolute atomic E-state index is 0.500. The zero-order valence-electron chi connectivity index (χ0n) is 27.4. The van der Waals surface area contributed by atoms with Crippen LogP contribution in [0.1, 0.15) is 22.3 Å². The number of thiophene rings is 1. The van der Waals surface area contributed by atoms with Gasteiger partial charge in [0.1, 0.15) is 11.5 Å². The van der Waals surface area contributed by atoms with Gasteiger partial charge in [0, 0.05) is 32.3 Å². The van der Waals surface area contributed by atoms with Gasteiger partial charge in [-0.1, -0.05) is 146 Å². The molecule has 238 valence electrons. The molecule has 0 saturated carbocycles. The van der Waals surface area contributed by atoms with Crippen LogP contribution in [0.3, 0.4) is 0 Å². The summed E-state index contributed by atoms with van der Waals surface area (Å²) in [6.07, 6.45) is 0. The number of benzene rings is 7. The zero-order valence-corrected chi connectivity index (χ0v) is 28.2. The molecule has 0 radical (unpaired) electrons. The second kappa shape index (κ2) is 10.8. The van der Waals surface area contributed by atoms with Gasteiger partial charge in [-0.25, -0.2) is 9.97 Å². The summed E-state index contributed by atoms with van der Waals surface area (Å²) in [5.41, 5.74) is 13.2. The van der Waals surface area contributed by atoms with E-state index in [2.05, 4.69) is 164 Å². The summed E-state index contributed by atoms with van der Waals surface area (Å²) in [6.45, 7) is 0. The molecule has 1 spiro atoms. The van der Waals surface area contributed by atoms with Crippen LogP contribution in [-0.4, -0.2) is 9.97 Å². The summed E-state index contributed by atoms with van der Waals surface area (Å²) in [6, 6.07) is 60.5. The normalized spacial score (nSPS) is 13.4. The number of fused-ring (bicyclic) bond motifs is 12. The van der Waals surface area contributed by atoms with Crippen LogP contribution in [0.2, 0.25) is 0 Å². The fourth-order valence-electron chi connectivity index (χ4n) is 8.36. The number of nitrogens with zero attached hydrogens (tertiary/aromatic N) is 2. The van der Waals surface area contributed by atoms with Crippen molar-refractivity contribution in [3.05, 3.63) is 192 Å². The molecule has 1 aliphatic carbocycles. The largest absolute Gasteiger partial charge is 0.457 e. The molecular formula is C47H28N2OS. The first-order chi connectivity index (χ1) is 25.3. The highest BCUT2D eigenvalue weighted by molar-refractivity contribution is 7.26. The minimum Gasteiger partial charge on any atom is -0.457 e. The quantitative estimate of drug-likeness (QED) is 0.188. The van der Waals surface area contributed by atoms with E-state index in [9.17, 15) is 0 Å². The molecule has 0 amide bonds. The number of hydrogen-bond acceptors (Lipinski definition) is 4. The van der Waals surface area contributed by atoms with E-state index in [4.69, 9.17) is 14.7 Å². The second-order valence-electron chi connectivity index (χ2n) is 13.3. The van der Waals surface area contributed by atoms with Crippen molar-refractivity contribution >= 4 is 31.6 Å². The lowest BCUT2D eigenvalue weighted by Gasteiger charge is -2.39. The van der Waals surface area contributed by atoms with Gasteiger partial charge in [0.15, 0.2) is 5.82 Å². The average molecular weight is 669 g/mol. The molecule has 0 unspecified atom stereocenters. The molecule has 0 bridgehead atoms. The van der Waals surface area contributed by atoms with Crippen LogP contribution in [0, 0.1) is 0 Å². The molecule has 4 heteroatoms. The summed E-state index contributed by atoms with van der Waals surface area (Å²) in [4.78, 5) is 10.6. The Morgan fingerprint density at radius 1 is 0.451 bits per heavy atom. The molecule has 0 fully saturated rings. The maximum absolute atomic E-state index is 6.54. The Balaban J connectivity index is 1.15.